The molecule has 5 heteroatoms. The highest BCUT2D eigenvalue weighted by Crippen LogP contribution is 2.22. The molecule has 1 aliphatic rings. The summed E-state index contributed by atoms with van der Waals surface area (Å²) in [6, 6.07) is 10.2. The van der Waals surface area contributed by atoms with Crippen LogP contribution in [0.3, 0.4) is 0 Å². The highest BCUT2D eigenvalue weighted by Gasteiger charge is 2.15. The zero-order valence-electron chi connectivity index (χ0n) is 14.2. The molecule has 0 bridgehead atoms. The summed E-state index contributed by atoms with van der Waals surface area (Å²) in [6.07, 6.45) is 4.38. The van der Waals surface area contributed by atoms with Crippen LogP contribution in [0.5, 0.6) is 0 Å². The Kier molecular flexibility index (Phi) is 5.99. The van der Waals surface area contributed by atoms with Gasteiger partial charge in [0.1, 0.15) is 0 Å². The molecule has 0 spiro atoms. The fourth-order valence-corrected chi connectivity index (χ4v) is 3.85. The maximum Gasteiger partial charge on any atom is 0.226 e. The fraction of sp³-hybridized carbons (Fsp3) is 0.474. The lowest BCUT2D eigenvalue weighted by Crippen LogP contribution is -2.29. The van der Waals surface area contributed by atoms with E-state index in [1.165, 1.54) is 36.2 Å². The Morgan fingerprint density at radius 1 is 1.25 bits per heavy atom. The first-order chi connectivity index (χ1) is 11.7. The van der Waals surface area contributed by atoms with Crippen LogP contribution in [0.15, 0.2) is 35.7 Å². The fourth-order valence-electron chi connectivity index (χ4n) is 3.13. The summed E-state index contributed by atoms with van der Waals surface area (Å²) in [5.41, 5.74) is 2.26. The number of nitrogens with zero attached hydrogens (tertiary/aromatic N) is 2. The van der Waals surface area contributed by atoms with E-state index < -0.39 is 0 Å². The first-order valence-electron chi connectivity index (χ1n) is 8.72. The predicted molar refractivity (Wildman–Crippen MR) is 99.3 cm³/mol. The molecule has 0 unspecified atom stereocenters. The summed E-state index contributed by atoms with van der Waals surface area (Å²) in [4.78, 5) is 19.3. The second-order valence-electron chi connectivity index (χ2n) is 6.54. The molecule has 1 fully saturated rings. The lowest BCUT2D eigenvalue weighted by Gasteiger charge is -2.25. The van der Waals surface area contributed by atoms with Gasteiger partial charge >= 0.3 is 0 Å². The maximum absolute atomic E-state index is 12.2. The smallest absolute Gasteiger partial charge is 0.226 e. The van der Waals surface area contributed by atoms with Crippen LogP contribution in [0.1, 0.15) is 49.8 Å². The Hall–Kier alpha value is -1.72. The van der Waals surface area contributed by atoms with Crippen molar-refractivity contribution in [3.05, 3.63) is 47.0 Å². The Bertz CT molecular complexity index is 650. The normalized spacial score (nSPS) is 16.7. The number of hydrogen-bond donors (Lipinski definition) is 1. The zero-order valence-corrected chi connectivity index (χ0v) is 15.0. The molecule has 1 amide bonds. The molecular formula is C19H25N3OS. The minimum absolute atomic E-state index is 0.0326. The van der Waals surface area contributed by atoms with Crippen molar-refractivity contribution < 1.29 is 4.79 Å². The van der Waals surface area contributed by atoms with E-state index in [0.717, 1.165) is 25.3 Å². The van der Waals surface area contributed by atoms with Gasteiger partial charge in [0.2, 0.25) is 5.91 Å². The largest absolute Gasteiger partial charge is 0.302 e. The monoisotopic (exact) mass is 343 g/mol. The van der Waals surface area contributed by atoms with Crippen molar-refractivity contribution in [2.75, 3.05) is 18.4 Å². The van der Waals surface area contributed by atoms with Crippen molar-refractivity contribution >= 4 is 22.4 Å². The third-order valence-corrected chi connectivity index (χ3v) is 5.30. The number of aromatic nitrogens is 1. The van der Waals surface area contributed by atoms with E-state index in [1.54, 1.807) is 0 Å². The van der Waals surface area contributed by atoms with E-state index in [4.69, 9.17) is 0 Å². The molecule has 2 heterocycles. The van der Waals surface area contributed by atoms with Crippen molar-refractivity contribution in [1.82, 2.24) is 9.88 Å². The molecule has 4 nitrogen and oxygen atoms in total. The Morgan fingerprint density at radius 3 is 2.75 bits per heavy atom. The maximum atomic E-state index is 12.2. The average molecular weight is 343 g/mol. The predicted octanol–water partition coefficient (Wildman–Crippen LogP) is 4.26. The zero-order chi connectivity index (χ0) is 16.8. The van der Waals surface area contributed by atoms with Crippen LogP contribution in [-0.4, -0.2) is 28.9 Å². The van der Waals surface area contributed by atoms with Gasteiger partial charge in [0, 0.05) is 18.3 Å². The molecule has 1 aromatic carbocycles. The number of benzene rings is 1. The first-order valence-corrected chi connectivity index (χ1v) is 9.60. The van der Waals surface area contributed by atoms with E-state index >= 15 is 0 Å². The molecule has 1 aliphatic heterocycles. The van der Waals surface area contributed by atoms with Crippen LogP contribution in [0.25, 0.3) is 0 Å². The number of anilines is 1. The van der Waals surface area contributed by atoms with E-state index in [9.17, 15) is 4.79 Å². The van der Waals surface area contributed by atoms with E-state index in [0.29, 0.717) is 11.6 Å². The minimum atomic E-state index is 0.0326. The quantitative estimate of drug-likeness (QED) is 0.852. The summed E-state index contributed by atoms with van der Waals surface area (Å²) in [5, 5.41) is 5.73. The summed E-state index contributed by atoms with van der Waals surface area (Å²) >= 11 is 1.52. The highest BCUT2D eigenvalue weighted by atomic mass is 32.1. The van der Waals surface area contributed by atoms with Crippen LogP contribution in [-0.2, 0) is 11.3 Å². The number of piperidine rings is 1. The second kappa shape index (κ2) is 8.40. The van der Waals surface area contributed by atoms with Gasteiger partial charge in [-0.1, -0.05) is 43.7 Å². The number of likely N-dealkylation sites (tertiary alicyclic amines) is 1. The lowest BCUT2D eigenvalue weighted by atomic mass is 9.98. The van der Waals surface area contributed by atoms with Crippen molar-refractivity contribution in [1.29, 1.82) is 0 Å². The number of carbonyl (C=O) groups is 1. The molecule has 3 rings (SSSR count). The summed E-state index contributed by atoms with van der Waals surface area (Å²) in [5.74, 6) is 0.240. The average Bonchev–Trinajstić information content (AvgIpc) is 3.03. The van der Waals surface area contributed by atoms with Crippen molar-refractivity contribution in [2.24, 2.45) is 0 Å². The number of carbonyl (C=O) groups excluding carboxylic acids is 1. The summed E-state index contributed by atoms with van der Waals surface area (Å²) in [7, 11) is 0. The molecule has 0 aliphatic carbocycles. The Morgan fingerprint density at radius 2 is 2.00 bits per heavy atom. The number of rotatable bonds is 6. The SMILES string of the molecule is C[C@@H](CC(=O)Nc1nc(CN2CCCCC2)cs1)c1ccccc1. The lowest BCUT2D eigenvalue weighted by molar-refractivity contribution is -0.116. The summed E-state index contributed by atoms with van der Waals surface area (Å²) in [6.45, 7) is 5.30. The number of amides is 1. The molecular weight excluding hydrogens is 318 g/mol. The highest BCUT2D eigenvalue weighted by molar-refractivity contribution is 7.13. The van der Waals surface area contributed by atoms with Gasteiger partial charge in [0.05, 0.1) is 5.69 Å². The van der Waals surface area contributed by atoms with Crippen molar-refractivity contribution in [3.63, 3.8) is 0 Å². The number of hydrogen-bond acceptors (Lipinski definition) is 4. The van der Waals surface area contributed by atoms with Crippen LogP contribution >= 0.6 is 11.3 Å². The topological polar surface area (TPSA) is 45.2 Å². The van der Waals surface area contributed by atoms with Gasteiger partial charge in [-0.05, 0) is 37.4 Å². The second-order valence-corrected chi connectivity index (χ2v) is 7.40. The van der Waals surface area contributed by atoms with Crippen LogP contribution in [0, 0.1) is 0 Å². The third-order valence-electron chi connectivity index (χ3n) is 4.49. The molecule has 1 aromatic heterocycles. The minimum Gasteiger partial charge on any atom is -0.302 e. The van der Waals surface area contributed by atoms with Crippen molar-refractivity contribution in [3.8, 4) is 0 Å². The van der Waals surface area contributed by atoms with Gasteiger partial charge in [0.15, 0.2) is 5.13 Å². The first kappa shape index (κ1) is 17.1. The van der Waals surface area contributed by atoms with Gasteiger partial charge in [-0.15, -0.1) is 11.3 Å². The third kappa shape index (κ3) is 4.89. The van der Waals surface area contributed by atoms with Gasteiger partial charge in [-0.25, -0.2) is 4.98 Å². The molecule has 0 radical (unpaired) electrons. The molecule has 128 valence electrons. The molecule has 1 N–H and O–H groups in total. The molecule has 1 atom stereocenters. The van der Waals surface area contributed by atoms with Crippen LogP contribution in [0.4, 0.5) is 5.13 Å². The Labute approximate surface area is 147 Å². The molecule has 2 aromatic rings. The van der Waals surface area contributed by atoms with Crippen LogP contribution in [0.2, 0.25) is 0 Å². The number of thiazole rings is 1. The van der Waals surface area contributed by atoms with Crippen LogP contribution < -0.4 is 5.32 Å². The summed E-state index contributed by atoms with van der Waals surface area (Å²) < 4.78 is 0. The van der Waals surface area contributed by atoms with Crippen molar-refractivity contribution in [2.45, 2.75) is 45.1 Å². The van der Waals surface area contributed by atoms with E-state index in [2.05, 4.69) is 39.6 Å². The van der Waals surface area contributed by atoms with E-state index in [1.807, 2.05) is 18.2 Å². The van der Waals surface area contributed by atoms with Gasteiger partial charge in [-0.2, -0.15) is 0 Å². The van der Waals surface area contributed by atoms with Gasteiger partial charge in [0.25, 0.3) is 0 Å². The molecule has 1 saturated heterocycles. The standard InChI is InChI=1S/C19H25N3OS/c1-15(16-8-4-2-5-9-16)12-18(23)21-19-20-17(14-24-19)13-22-10-6-3-7-11-22/h2,4-5,8-9,14-15H,3,6-7,10-13H2,1H3,(H,20,21,23)/t15-/m0/s1. The van der Waals surface area contributed by atoms with E-state index in [-0.39, 0.29) is 11.8 Å². The number of nitrogens with one attached hydrogen (secondary N) is 1. The molecule has 0 saturated carbocycles. The van der Waals surface area contributed by atoms with Gasteiger partial charge < -0.3 is 5.32 Å². The molecule has 24 heavy (non-hydrogen) atoms. The Balaban J connectivity index is 1.49. The van der Waals surface area contributed by atoms with Gasteiger partial charge in [-0.3, -0.25) is 9.69 Å².